The van der Waals surface area contributed by atoms with Crippen LogP contribution in [0.3, 0.4) is 0 Å². The Bertz CT molecular complexity index is 835. The van der Waals surface area contributed by atoms with Gasteiger partial charge in [-0.25, -0.2) is 5.43 Å². The maximum absolute atomic E-state index is 12.1. The Morgan fingerprint density at radius 1 is 1.27 bits per heavy atom. The summed E-state index contributed by atoms with van der Waals surface area (Å²) in [5.41, 5.74) is 4.13. The van der Waals surface area contributed by atoms with Gasteiger partial charge < -0.3 is 15.2 Å². The summed E-state index contributed by atoms with van der Waals surface area (Å²) in [5, 5.41) is 16.5. The van der Waals surface area contributed by atoms with Crippen molar-refractivity contribution in [1.29, 1.82) is 0 Å². The summed E-state index contributed by atoms with van der Waals surface area (Å²) in [6.45, 7) is 3.66. The third kappa shape index (κ3) is 5.45. The van der Waals surface area contributed by atoms with Crippen molar-refractivity contribution in [2.75, 3.05) is 11.9 Å². The van der Waals surface area contributed by atoms with E-state index in [-0.39, 0.29) is 17.6 Å². The second-order valence-electron chi connectivity index (χ2n) is 5.24. The van der Waals surface area contributed by atoms with Crippen LogP contribution in [0.4, 0.5) is 5.69 Å². The number of benzene rings is 2. The number of ether oxygens (including phenoxy) is 1. The fourth-order valence-electron chi connectivity index (χ4n) is 2.07. The normalized spacial score (nSPS) is 10.6. The number of hydrogen-bond donors (Lipinski definition) is 3. The van der Waals surface area contributed by atoms with Gasteiger partial charge in [0, 0.05) is 18.2 Å². The number of nitrogens with zero attached hydrogens (tertiary/aromatic N) is 1. The third-order valence-corrected chi connectivity index (χ3v) is 4.02. The van der Waals surface area contributed by atoms with Crippen molar-refractivity contribution in [3.05, 3.63) is 51.1 Å². The molecule has 2 rings (SSSR count). The van der Waals surface area contributed by atoms with E-state index in [2.05, 4.69) is 15.8 Å². The van der Waals surface area contributed by atoms with Gasteiger partial charge in [-0.05, 0) is 71.5 Å². The van der Waals surface area contributed by atoms with Crippen LogP contribution >= 0.6 is 22.6 Å². The van der Waals surface area contributed by atoms with Crippen molar-refractivity contribution < 1.29 is 19.4 Å². The van der Waals surface area contributed by atoms with Crippen molar-refractivity contribution in [1.82, 2.24) is 5.43 Å². The monoisotopic (exact) mass is 467 g/mol. The lowest BCUT2D eigenvalue weighted by Crippen LogP contribution is -2.17. The van der Waals surface area contributed by atoms with E-state index in [1.165, 1.54) is 13.1 Å². The highest BCUT2D eigenvalue weighted by Gasteiger charge is 2.09. The average Bonchev–Trinajstić information content (AvgIpc) is 2.59. The molecule has 0 saturated heterocycles. The van der Waals surface area contributed by atoms with Gasteiger partial charge in [0.05, 0.1) is 16.4 Å². The van der Waals surface area contributed by atoms with Crippen LogP contribution in [0, 0.1) is 3.57 Å². The minimum absolute atomic E-state index is 0.0768. The number of carbonyl (C=O) groups is 2. The Balaban J connectivity index is 2.03. The summed E-state index contributed by atoms with van der Waals surface area (Å²) in [7, 11) is 0. The molecule has 0 unspecified atom stereocenters. The summed E-state index contributed by atoms with van der Waals surface area (Å²) in [5.74, 6) is -0.121. The van der Waals surface area contributed by atoms with Gasteiger partial charge in [0.2, 0.25) is 5.91 Å². The molecule has 0 radical (unpaired) electrons. The fourth-order valence-corrected chi connectivity index (χ4v) is 2.70. The molecule has 0 spiro atoms. The number of nitrogens with one attached hydrogen (secondary N) is 2. The van der Waals surface area contributed by atoms with Crippen molar-refractivity contribution in [2.24, 2.45) is 5.10 Å². The summed E-state index contributed by atoms with van der Waals surface area (Å²) in [4.78, 5) is 23.1. The largest absolute Gasteiger partial charge is 0.504 e. The summed E-state index contributed by atoms with van der Waals surface area (Å²) >= 11 is 1.99. The summed E-state index contributed by atoms with van der Waals surface area (Å²) < 4.78 is 5.98. The predicted molar refractivity (Wildman–Crippen MR) is 108 cm³/mol. The molecule has 0 atom stereocenters. The fraction of sp³-hybridized carbons (Fsp3) is 0.167. The Morgan fingerprint density at radius 3 is 2.58 bits per heavy atom. The maximum atomic E-state index is 12.1. The summed E-state index contributed by atoms with van der Waals surface area (Å²) in [6, 6.07) is 9.81. The Labute approximate surface area is 164 Å². The van der Waals surface area contributed by atoms with E-state index in [9.17, 15) is 14.7 Å². The molecule has 0 saturated carbocycles. The minimum atomic E-state index is -0.380. The number of aromatic hydroxyl groups is 1. The molecule has 7 nitrogen and oxygen atoms in total. The molecule has 26 heavy (non-hydrogen) atoms. The molecular formula is C18H18IN3O4. The predicted octanol–water partition coefficient (Wildman–Crippen LogP) is 3.12. The molecule has 2 aromatic rings. The molecule has 2 amide bonds. The van der Waals surface area contributed by atoms with Gasteiger partial charge in [-0.15, -0.1) is 0 Å². The molecule has 0 aliphatic heterocycles. The van der Waals surface area contributed by atoms with E-state index >= 15 is 0 Å². The molecule has 0 aliphatic rings. The van der Waals surface area contributed by atoms with E-state index in [0.29, 0.717) is 32.7 Å². The van der Waals surface area contributed by atoms with Gasteiger partial charge in [0.1, 0.15) is 0 Å². The second-order valence-corrected chi connectivity index (χ2v) is 6.40. The molecule has 136 valence electrons. The van der Waals surface area contributed by atoms with Crippen LogP contribution in [-0.4, -0.2) is 29.7 Å². The number of amides is 2. The van der Waals surface area contributed by atoms with Crippen molar-refractivity contribution in [3.8, 4) is 11.5 Å². The highest BCUT2D eigenvalue weighted by molar-refractivity contribution is 14.1. The number of phenols is 1. The summed E-state index contributed by atoms with van der Waals surface area (Å²) in [6.07, 6.45) is 1.47. The third-order valence-electron chi connectivity index (χ3n) is 3.20. The van der Waals surface area contributed by atoms with Crippen molar-refractivity contribution >= 4 is 46.3 Å². The molecular weight excluding hydrogens is 449 g/mol. The highest BCUT2D eigenvalue weighted by atomic mass is 127. The molecule has 3 N–H and O–H groups in total. The molecule has 0 bridgehead atoms. The lowest BCUT2D eigenvalue weighted by molar-refractivity contribution is -0.114. The Morgan fingerprint density at radius 2 is 1.96 bits per heavy atom. The van der Waals surface area contributed by atoms with Gasteiger partial charge in [0.15, 0.2) is 11.5 Å². The zero-order valence-corrected chi connectivity index (χ0v) is 16.4. The van der Waals surface area contributed by atoms with Gasteiger partial charge in [-0.3, -0.25) is 9.59 Å². The zero-order valence-electron chi connectivity index (χ0n) is 14.2. The zero-order chi connectivity index (χ0) is 19.1. The quantitative estimate of drug-likeness (QED) is 0.346. The van der Waals surface area contributed by atoms with E-state index in [0.717, 1.165) is 0 Å². The molecule has 2 aromatic carbocycles. The lowest BCUT2D eigenvalue weighted by Gasteiger charge is -2.08. The molecule has 0 fully saturated rings. The molecule has 0 heterocycles. The number of rotatable bonds is 6. The van der Waals surface area contributed by atoms with Crippen LogP contribution < -0.4 is 15.5 Å². The smallest absolute Gasteiger partial charge is 0.271 e. The number of hydrogen-bond acceptors (Lipinski definition) is 5. The van der Waals surface area contributed by atoms with Crippen LogP contribution in [0.2, 0.25) is 0 Å². The average molecular weight is 467 g/mol. The van der Waals surface area contributed by atoms with Crippen LogP contribution in [-0.2, 0) is 4.79 Å². The van der Waals surface area contributed by atoms with Crippen LogP contribution in [0.25, 0.3) is 0 Å². The number of hydrazone groups is 1. The highest BCUT2D eigenvalue weighted by Crippen LogP contribution is 2.32. The number of halogens is 1. The Hall–Kier alpha value is -2.62. The van der Waals surface area contributed by atoms with Gasteiger partial charge in [0.25, 0.3) is 5.91 Å². The lowest BCUT2D eigenvalue weighted by atomic mass is 10.2. The van der Waals surface area contributed by atoms with Crippen molar-refractivity contribution in [2.45, 2.75) is 13.8 Å². The van der Waals surface area contributed by atoms with E-state index in [4.69, 9.17) is 4.74 Å². The van der Waals surface area contributed by atoms with Gasteiger partial charge >= 0.3 is 0 Å². The first kappa shape index (κ1) is 19.7. The SMILES string of the molecule is CCOc1cc(C=NNC(=O)c2ccc(NC(C)=O)cc2)cc(I)c1O. The standard InChI is InChI=1S/C18H18IN3O4/c1-3-26-16-9-12(8-15(19)17(16)24)10-20-22-18(25)13-4-6-14(7-5-13)21-11(2)23/h4-10,24H,3H2,1-2H3,(H,21,23)(H,22,25). The maximum Gasteiger partial charge on any atom is 0.271 e. The number of carbonyl (C=O) groups excluding carboxylic acids is 2. The topological polar surface area (TPSA) is 100 Å². The first-order chi connectivity index (χ1) is 12.4. The van der Waals surface area contributed by atoms with E-state index in [1.54, 1.807) is 36.4 Å². The molecule has 0 aromatic heterocycles. The Kier molecular flexibility index (Phi) is 6.96. The van der Waals surface area contributed by atoms with Gasteiger partial charge in [-0.1, -0.05) is 0 Å². The first-order valence-corrected chi connectivity index (χ1v) is 8.85. The van der Waals surface area contributed by atoms with Crippen LogP contribution in [0.1, 0.15) is 29.8 Å². The first-order valence-electron chi connectivity index (χ1n) is 7.77. The van der Waals surface area contributed by atoms with Crippen LogP contribution in [0.5, 0.6) is 11.5 Å². The molecule has 0 aliphatic carbocycles. The molecule has 8 heteroatoms. The number of anilines is 1. The number of phenolic OH excluding ortho intramolecular Hbond substituents is 1. The second kappa shape index (κ2) is 9.18. The minimum Gasteiger partial charge on any atom is -0.504 e. The van der Waals surface area contributed by atoms with Gasteiger partial charge in [-0.2, -0.15) is 5.10 Å². The van der Waals surface area contributed by atoms with Crippen LogP contribution in [0.15, 0.2) is 41.5 Å². The van der Waals surface area contributed by atoms with E-state index < -0.39 is 0 Å². The van der Waals surface area contributed by atoms with E-state index in [1.807, 2.05) is 29.5 Å². The van der Waals surface area contributed by atoms with Crippen molar-refractivity contribution in [3.63, 3.8) is 0 Å².